The number of hydrogen-bond acceptors (Lipinski definition) is 3. The van der Waals surface area contributed by atoms with E-state index in [1.54, 1.807) is 4.90 Å². The van der Waals surface area contributed by atoms with Crippen molar-refractivity contribution >= 4 is 11.8 Å². The lowest BCUT2D eigenvalue weighted by Gasteiger charge is -2.18. The monoisotopic (exact) mass is 289 g/mol. The molecule has 1 fully saturated rings. The lowest BCUT2D eigenvalue weighted by molar-refractivity contribution is -0.132. The summed E-state index contributed by atoms with van der Waals surface area (Å²) in [6, 6.07) is 9.60. The summed E-state index contributed by atoms with van der Waals surface area (Å²) in [6.45, 7) is 3.47. The van der Waals surface area contributed by atoms with Crippen molar-refractivity contribution in [1.82, 2.24) is 10.2 Å². The first-order chi connectivity index (χ1) is 10.1. The van der Waals surface area contributed by atoms with Crippen molar-refractivity contribution in [2.45, 2.75) is 25.8 Å². The number of amides is 2. The van der Waals surface area contributed by atoms with Gasteiger partial charge in [0.15, 0.2) is 0 Å². The van der Waals surface area contributed by atoms with Crippen LogP contribution in [0.4, 0.5) is 0 Å². The maximum absolute atomic E-state index is 12.0. The molecule has 0 aliphatic carbocycles. The third-order valence-corrected chi connectivity index (χ3v) is 3.97. The van der Waals surface area contributed by atoms with Gasteiger partial charge in [-0.05, 0) is 24.8 Å². The van der Waals surface area contributed by atoms with Gasteiger partial charge in [0.05, 0.1) is 13.0 Å². The Morgan fingerprint density at radius 3 is 2.71 bits per heavy atom. The highest BCUT2D eigenvalue weighted by Crippen LogP contribution is 2.18. The summed E-state index contributed by atoms with van der Waals surface area (Å²) < 4.78 is 0. The predicted octanol–water partition coefficient (Wildman–Crippen LogP) is 0.541. The van der Waals surface area contributed by atoms with E-state index >= 15 is 0 Å². The fraction of sp³-hybridized carbons (Fsp3) is 0.500. The second-order valence-electron chi connectivity index (χ2n) is 5.69. The van der Waals surface area contributed by atoms with Gasteiger partial charge in [-0.15, -0.1) is 0 Å². The van der Waals surface area contributed by atoms with E-state index in [9.17, 15) is 9.59 Å². The predicted molar refractivity (Wildman–Crippen MR) is 81.5 cm³/mol. The molecule has 1 aliphatic rings. The third-order valence-electron chi connectivity index (χ3n) is 3.97. The Hall–Kier alpha value is -1.88. The molecular formula is C16H23N3O2. The van der Waals surface area contributed by atoms with Crippen molar-refractivity contribution < 1.29 is 9.59 Å². The van der Waals surface area contributed by atoms with Gasteiger partial charge in [-0.3, -0.25) is 9.59 Å². The number of nitrogens with two attached hydrogens (primary N) is 1. The van der Waals surface area contributed by atoms with E-state index in [1.165, 1.54) is 0 Å². The molecule has 1 aromatic rings. The van der Waals surface area contributed by atoms with Crippen molar-refractivity contribution in [3.05, 3.63) is 35.9 Å². The van der Waals surface area contributed by atoms with E-state index in [0.717, 1.165) is 18.5 Å². The summed E-state index contributed by atoms with van der Waals surface area (Å²) in [4.78, 5) is 25.6. The molecule has 1 saturated heterocycles. The van der Waals surface area contributed by atoms with Gasteiger partial charge in [-0.2, -0.15) is 0 Å². The Bertz CT molecular complexity index is 488. The topological polar surface area (TPSA) is 75.4 Å². The molecule has 0 radical (unpaired) electrons. The van der Waals surface area contributed by atoms with Crippen LogP contribution in [0.1, 0.15) is 18.9 Å². The summed E-state index contributed by atoms with van der Waals surface area (Å²) in [5.41, 5.74) is 6.81. The number of carbonyl (C=O) groups excluding carboxylic acids is 2. The summed E-state index contributed by atoms with van der Waals surface area (Å²) in [6.07, 6.45) is 1.25. The summed E-state index contributed by atoms with van der Waals surface area (Å²) >= 11 is 0. The molecule has 21 heavy (non-hydrogen) atoms. The van der Waals surface area contributed by atoms with Crippen LogP contribution >= 0.6 is 0 Å². The first-order valence-electron chi connectivity index (χ1n) is 7.40. The zero-order valence-electron chi connectivity index (χ0n) is 12.4. The summed E-state index contributed by atoms with van der Waals surface area (Å²) in [5, 5.41) is 2.69. The van der Waals surface area contributed by atoms with Crippen molar-refractivity contribution in [3.63, 3.8) is 0 Å². The molecule has 1 aromatic carbocycles. The van der Waals surface area contributed by atoms with Gasteiger partial charge in [-0.25, -0.2) is 0 Å². The maximum Gasteiger partial charge on any atom is 0.241 e. The Kier molecular flexibility index (Phi) is 5.33. The molecule has 2 amide bonds. The largest absolute Gasteiger partial charge is 0.347 e. The molecule has 0 bridgehead atoms. The number of hydrogen-bond donors (Lipinski definition) is 2. The fourth-order valence-corrected chi connectivity index (χ4v) is 2.57. The van der Waals surface area contributed by atoms with Crippen molar-refractivity contribution in [1.29, 1.82) is 0 Å². The highest BCUT2D eigenvalue weighted by Gasteiger charge is 2.28. The Labute approximate surface area is 125 Å². The molecule has 0 spiro atoms. The zero-order chi connectivity index (χ0) is 15.2. The van der Waals surface area contributed by atoms with Gasteiger partial charge in [0.25, 0.3) is 0 Å². The molecule has 5 heteroatoms. The molecule has 2 rings (SSSR count). The van der Waals surface area contributed by atoms with E-state index in [2.05, 4.69) is 5.32 Å². The van der Waals surface area contributed by atoms with Gasteiger partial charge >= 0.3 is 0 Å². The van der Waals surface area contributed by atoms with E-state index in [0.29, 0.717) is 18.9 Å². The van der Waals surface area contributed by atoms with Crippen molar-refractivity contribution in [2.24, 2.45) is 11.7 Å². The van der Waals surface area contributed by atoms with Crippen LogP contribution in [0.25, 0.3) is 0 Å². The number of likely N-dealkylation sites (tertiary alicyclic amines) is 1. The van der Waals surface area contributed by atoms with Crippen LogP contribution in [0.5, 0.6) is 0 Å². The molecule has 1 aliphatic heterocycles. The SMILES string of the molecule is CC(N)C1CCN(C(=O)CNC(=O)Cc2ccccc2)C1. The van der Waals surface area contributed by atoms with Crippen molar-refractivity contribution in [3.8, 4) is 0 Å². The maximum atomic E-state index is 12.0. The minimum absolute atomic E-state index is 0.0282. The molecule has 1 heterocycles. The number of carbonyl (C=O) groups is 2. The average Bonchev–Trinajstić information content (AvgIpc) is 2.96. The summed E-state index contributed by atoms with van der Waals surface area (Å²) in [7, 11) is 0. The Morgan fingerprint density at radius 2 is 2.10 bits per heavy atom. The fourth-order valence-electron chi connectivity index (χ4n) is 2.57. The van der Waals surface area contributed by atoms with Crippen molar-refractivity contribution in [2.75, 3.05) is 19.6 Å². The van der Waals surface area contributed by atoms with E-state index in [4.69, 9.17) is 5.73 Å². The molecule has 2 atom stereocenters. The Balaban J connectivity index is 1.73. The smallest absolute Gasteiger partial charge is 0.241 e. The second-order valence-corrected chi connectivity index (χ2v) is 5.69. The minimum atomic E-state index is -0.127. The molecule has 0 aromatic heterocycles. The number of rotatable bonds is 5. The number of nitrogens with one attached hydrogen (secondary N) is 1. The zero-order valence-corrected chi connectivity index (χ0v) is 12.4. The molecule has 0 saturated carbocycles. The third kappa shape index (κ3) is 4.56. The van der Waals surface area contributed by atoms with Gasteiger partial charge in [-0.1, -0.05) is 30.3 Å². The van der Waals surface area contributed by atoms with Crippen LogP contribution in [-0.4, -0.2) is 42.4 Å². The van der Waals surface area contributed by atoms with Crippen LogP contribution in [-0.2, 0) is 16.0 Å². The summed E-state index contributed by atoms with van der Waals surface area (Å²) in [5.74, 6) is 0.214. The van der Waals surface area contributed by atoms with Crippen LogP contribution < -0.4 is 11.1 Å². The van der Waals surface area contributed by atoms with Gasteiger partial charge in [0, 0.05) is 19.1 Å². The van der Waals surface area contributed by atoms with Crippen LogP contribution in [0.15, 0.2) is 30.3 Å². The van der Waals surface area contributed by atoms with Crippen LogP contribution in [0, 0.1) is 5.92 Å². The van der Waals surface area contributed by atoms with E-state index < -0.39 is 0 Å². The minimum Gasteiger partial charge on any atom is -0.347 e. The van der Waals surface area contributed by atoms with Crippen LogP contribution in [0.3, 0.4) is 0 Å². The molecule has 3 N–H and O–H groups in total. The second kappa shape index (κ2) is 7.22. The lowest BCUT2D eigenvalue weighted by Crippen LogP contribution is -2.40. The average molecular weight is 289 g/mol. The lowest BCUT2D eigenvalue weighted by atomic mass is 10.0. The normalized spacial score (nSPS) is 19.3. The standard InChI is InChI=1S/C16H23N3O2/c1-12(17)14-7-8-19(11-14)16(21)10-18-15(20)9-13-5-3-2-4-6-13/h2-6,12,14H,7-11,17H2,1H3,(H,18,20). The van der Waals surface area contributed by atoms with Gasteiger partial charge in [0.2, 0.25) is 11.8 Å². The number of nitrogens with zero attached hydrogens (tertiary/aromatic N) is 1. The van der Waals surface area contributed by atoms with Gasteiger partial charge < -0.3 is 16.0 Å². The first kappa shape index (κ1) is 15.5. The van der Waals surface area contributed by atoms with E-state index in [-0.39, 0.29) is 24.4 Å². The molecular weight excluding hydrogens is 266 g/mol. The quantitative estimate of drug-likeness (QED) is 0.831. The molecule has 114 valence electrons. The number of benzene rings is 1. The highest BCUT2D eigenvalue weighted by atomic mass is 16.2. The Morgan fingerprint density at radius 1 is 1.38 bits per heavy atom. The first-order valence-corrected chi connectivity index (χ1v) is 7.40. The van der Waals surface area contributed by atoms with Crippen LogP contribution in [0.2, 0.25) is 0 Å². The molecule has 5 nitrogen and oxygen atoms in total. The van der Waals surface area contributed by atoms with Gasteiger partial charge in [0.1, 0.15) is 0 Å². The van der Waals surface area contributed by atoms with E-state index in [1.807, 2.05) is 37.3 Å². The highest BCUT2D eigenvalue weighted by molar-refractivity contribution is 5.85. The molecule has 2 unspecified atom stereocenters.